The first-order chi connectivity index (χ1) is 5.20. The number of rotatable bonds is 3. The van der Waals surface area contributed by atoms with E-state index in [0.29, 0.717) is 0 Å². The van der Waals surface area contributed by atoms with Crippen molar-refractivity contribution < 1.29 is 5.11 Å². The molecule has 0 spiro atoms. The average Bonchev–Trinajstić information content (AvgIpc) is 1.95. The van der Waals surface area contributed by atoms with Gasteiger partial charge < -0.3 is 5.11 Å². The Bertz CT molecular complexity index is 148. The number of halogens is 1. The zero-order valence-electron chi connectivity index (χ0n) is 6.89. The summed E-state index contributed by atoms with van der Waals surface area (Å²) in [6.07, 6.45) is 7.16. The van der Waals surface area contributed by atoms with E-state index in [9.17, 15) is 5.11 Å². The van der Waals surface area contributed by atoms with Gasteiger partial charge in [-0.3, -0.25) is 0 Å². The second-order valence-corrected chi connectivity index (χ2v) is 4.22. The monoisotopic (exact) mass is 266 g/mol. The van der Waals surface area contributed by atoms with E-state index in [-0.39, 0.29) is 0 Å². The van der Waals surface area contributed by atoms with Crippen LogP contribution in [-0.4, -0.2) is 15.1 Å². The molecule has 0 saturated heterocycles. The number of aliphatic hydroxyl groups is 1. The van der Waals surface area contributed by atoms with Crippen LogP contribution in [0.25, 0.3) is 0 Å². The fourth-order valence-electron chi connectivity index (χ4n) is 1.63. The van der Waals surface area contributed by atoms with E-state index in [0.717, 1.165) is 23.2 Å². The lowest BCUT2D eigenvalue weighted by Crippen LogP contribution is -2.41. The normalized spacial score (nSPS) is 37.5. The van der Waals surface area contributed by atoms with Gasteiger partial charge >= 0.3 is 0 Å². The molecule has 0 aromatic rings. The summed E-state index contributed by atoms with van der Waals surface area (Å²) in [6.45, 7) is 2.19. The minimum Gasteiger partial charge on any atom is -0.386 e. The molecule has 64 valence electrons. The Morgan fingerprint density at radius 3 is 2.73 bits per heavy atom. The predicted octanol–water partition coefficient (Wildman–Crippen LogP) is 2.53. The first-order valence-corrected chi connectivity index (χ1v) is 5.69. The van der Waals surface area contributed by atoms with Gasteiger partial charge in [0.05, 0.1) is 5.60 Å². The molecule has 0 aromatic heterocycles. The van der Waals surface area contributed by atoms with Crippen LogP contribution in [0, 0.1) is 5.92 Å². The summed E-state index contributed by atoms with van der Waals surface area (Å²) in [5.74, 6) is 0.763. The van der Waals surface area contributed by atoms with Crippen molar-refractivity contribution in [3.63, 3.8) is 0 Å². The molecular weight excluding hydrogens is 251 g/mol. The standard InChI is InChI=1S/C9H15IO/c1-2-8-6-9(11,7-8)4-3-5-10/h3-4,8,11H,2,5-7H2,1H3. The summed E-state index contributed by atoms with van der Waals surface area (Å²) in [7, 11) is 0. The Morgan fingerprint density at radius 2 is 2.27 bits per heavy atom. The van der Waals surface area contributed by atoms with Crippen molar-refractivity contribution >= 4 is 22.6 Å². The fourth-order valence-corrected chi connectivity index (χ4v) is 1.88. The van der Waals surface area contributed by atoms with Gasteiger partial charge in [-0.2, -0.15) is 0 Å². The van der Waals surface area contributed by atoms with E-state index in [1.807, 2.05) is 12.2 Å². The topological polar surface area (TPSA) is 20.2 Å². The van der Waals surface area contributed by atoms with Gasteiger partial charge in [0.25, 0.3) is 0 Å². The highest BCUT2D eigenvalue weighted by atomic mass is 127. The smallest absolute Gasteiger partial charge is 0.0833 e. The Labute approximate surface area is 82.0 Å². The molecule has 0 amide bonds. The van der Waals surface area contributed by atoms with E-state index in [1.54, 1.807) is 0 Å². The molecule has 0 aromatic carbocycles. The maximum absolute atomic E-state index is 9.75. The van der Waals surface area contributed by atoms with Gasteiger partial charge in [0, 0.05) is 4.43 Å². The summed E-state index contributed by atoms with van der Waals surface area (Å²) in [5.41, 5.74) is -0.439. The minimum atomic E-state index is -0.439. The molecule has 0 heterocycles. The van der Waals surface area contributed by atoms with Crippen LogP contribution in [0.2, 0.25) is 0 Å². The third-order valence-corrected chi connectivity index (χ3v) is 2.89. The van der Waals surface area contributed by atoms with E-state index in [4.69, 9.17) is 0 Å². The predicted molar refractivity (Wildman–Crippen MR) is 56.0 cm³/mol. The summed E-state index contributed by atoms with van der Waals surface area (Å²) in [5, 5.41) is 9.75. The van der Waals surface area contributed by atoms with Gasteiger partial charge in [-0.25, -0.2) is 0 Å². The van der Waals surface area contributed by atoms with Crippen LogP contribution >= 0.6 is 22.6 Å². The van der Waals surface area contributed by atoms with E-state index in [1.165, 1.54) is 6.42 Å². The van der Waals surface area contributed by atoms with Crippen molar-refractivity contribution in [3.05, 3.63) is 12.2 Å². The van der Waals surface area contributed by atoms with Gasteiger partial charge in [-0.05, 0) is 18.8 Å². The van der Waals surface area contributed by atoms with Crippen LogP contribution in [0.5, 0.6) is 0 Å². The van der Waals surface area contributed by atoms with E-state index < -0.39 is 5.60 Å². The van der Waals surface area contributed by atoms with Crippen molar-refractivity contribution in [1.82, 2.24) is 0 Å². The molecule has 0 aliphatic heterocycles. The molecule has 1 N–H and O–H groups in total. The second-order valence-electron chi connectivity index (χ2n) is 3.34. The largest absolute Gasteiger partial charge is 0.386 e. The third kappa shape index (κ3) is 2.44. The van der Waals surface area contributed by atoms with Crippen molar-refractivity contribution in [1.29, 1.82) is 0 Å². The fraction of sp³-hybridized carbons (Fsp3) is 0.778. The highest BCUT2D eigenvalue weighted by Gasteiger charge is 2.38. The lowest BCUT2D eigenvalue weighted by Gasteiger charge is -2.41. The van der Waals surface area contributed by atoms with Crippen LogP contribution in [0.3, 0.4) is 0 Å². The molecule has 0 atom stereocenters. The average molecular weight is 266 g/mol. The summed E-state index contributed by atoms with van der Waals surface area (Å²) < 4.78 is 0.997. The second kappa shape index (κ2) is 3.90. The van der Waals surface area contributed by atoms with E-state index in [2.05, 4.69) is 29.5 Å². The van der Waals surface area contributed by atoms with Gasteiger partial charge in [0.2, 0.25) is 0 Å². The molecule has 2 heteroatoms. The maximum atomic E-state index is 9.75. The Morgan fingerprint density at radius 1 is 1.64 bits per heavy atom. The zero-order valence-corrected chi connectivity index (χ0v) is 9.04. The molecule has 0 bridgehead atoms. The molecule has 1 aliphatic rings. The molecular formula is C9H15IO. The molecule has 1 rings (SSSR count). The highest BCUT2D eigenvalue weighted by Crippen LogP contribution is 2.40. The first-order valence-electron chi connectivity index (χ1n) is 4.16. The van der Waals surface area contributed by atoms with Crippen LogP contribution in [-0.2, 0) is 0 Å². The molecule has 0 unspecified atom stereocenters. The van der Waals surface area contributed by atoms with E-state index >= 15 is 0 Å². The summed E-state index contributed by atoms with van der Waals surface area (Å²) in [6, 6.07) is 0. The number of hydrogen-bond acceptors (Lipinski definition) is 1. The van der Waals surface area contributed by atoms with Crippen LogP contribution in [0.4, 0.5) is 0 Å². The SMILES string of the molecule is CCC1CC(O)(C=CCI)C1. The van der Waals surface area contributed by atoms with Crippen molar-refractivity contribution in [3.8, 4) is 0 Å². The quantitative estimate of drug-likeness (QED) is 0.473. The maximum Gasteiger partial charge on any atom is 0.0833 e. The van der Waals surface area contributed by atoms with Crippen molar-refractivity contribution in [2.45, 2.75) is 31.8 Å². The summed E-state index contributed by atoms with van der Waals surface area (Å²) in [4.78, 5) is 0. The Balaban J connectivity index is 2.30. The van der Waals surface area contributed by atoms with Gasteiger partial charge in [0.15, 0.2) is 0 Å². The highest BCUT2D eigenvalue weighted by molar-refractivity contribution is 14.1. The van der Waals surface area contributed by atoms with Gasteiger partial charge in [0.1, 0.15) is 0 Å². The van der Waals surface area contributed by atoms with Gasteiger partial charge in [-0.1, -0.05) is 48.1 Å². The summed E-state index contributed by atoms with van der Waals surface area (Å²) >= 11 is 2.28. The minimum absolute atomic E-state index is 0.439. The molecule has 1 saturated carbocycles. The Hall–Kier alpha value is 0.430. The molecule has 0 radical (unpaired) electrons. The van der Waals surface area contributed by atoms with Crippen molar-refractivity contribution in [2.75, 3.05) is 4.43 Å². The Kier molecular flexibility index (Phi) is 3.37. The third-order valence-electron chi connectivity index (χ3n) is 2.38. The molecule has 1 nitrogen and oxygen atoms in total. The van der Waals surface area contributed by atoms with Crippen molar-refractivity contribution in [2.24, 2.45) is 5.92 Å². The molecule has 1 fully saturated rings. The van der Waals surface area contributed by atoms with Gasteiger partial charge in [-0.15, -0.1) is 0 Å². The zero-order chi connectivity index (χ0) is 8.32. The van der Waals surface area contributed by atoms with Crippen LogP contribution in [0.15, 0.2) is 12.2 Å². The lowest BCUT2D eigenvalue weighted by molar-refractivity contribution is -0.0318. The first kappa shape index (κ1) is 9.52. The number of alkyl halides is 1. The number of hydrogen-bond donors (Lipinski definition) is 1. The van der Waals surface area contributed by atoms with Crippen LogP contribution < -0.4 is 0 Å². The van der Waals surface area contributed by atoms with Crippen LogP contribution in [0.1, 0.15) is 26.2 Å². The number of allylic oxidation sites excluding steroid dienone is 1. The molecule has 11 heavy (non-hydrogen) atoms. The molecule has 1 aliphatic carbocycles. The lowest BCUT2D eigenvalue weighted by atomic mass is 9.70.